The van der Waals surface area contributed by atoms with Gasteiger partial charge >= 0.3 is 18.2 Å². The third-order valence-electron chi connectivity index (χ3n) is 10.5. The van der Waals surface area contributed by atoms with Crippen molar-refractivity contribution in [2.45, 2.75) is 83.1 Å². The highest BCUT2D eigenvalue weighted by atomic mass is 35.5. The summed E-state index contributed by atoms with van der Waals surface area (Å²) in [5.41, 5.74) is 2.16. The summed E-state index contributed by atoms with van der Waals surface area (Å²) in [6, 6.07) is 13.2. The van der Waals surface area contributed by atoms with E-state index in [0.29, 0.717) is 74.7 Å². The first kappa shape index (κ1) is 38.0. The van der Waals surface area contributed by atoms with Crippen LogP contribution in [0.15, 0.2) is 42.5 Å². The minimum Gasteiger partial charge on any atom is -0.444 e. The lowest BCUT2D eigenvalue weighted by Gasteiger charge is -2.43. The Hall–Kier alpha value is -3.74. The van der Waals surface area contributed by atoms with Gasteiger partial charge in [-0.3, -0.25) is 9.69 Å². The van der Waals surface area contributed by atoms with Crippen LogP contribution in [0.1, 0.15) is 57.6 Å². The van der Waals surface area contributed by atoms with E-state index in [9.17, 15) is 19.2 Å². The maximum absolute atomic E-state index is 14.1. The van der Waals surface area contributed by atoms with Crippen molar-refractivity contribution in [3.63, 3.8) is 0 Å². The summed E-state index contributed by atoms with van der Waals surface area (Å²) < 4.78 is 11.6. The predicted octanol–water partition coefficient (Wildman–Crippen LogP) is 6.14. The highest BCUT2D eigenvalue weighted by Crippen LogP contribution is 2.27. The van der Waals surface area contributed by atoms with Crippen LogP contribution in [-0.4, -0.2) is 131 Å². The molecule has 14 heteroatoms. The molecular formula is C38H50Cl2N6O6. The van der Waals surface area contributed by atoms with Gasteiger partial charge in [0.25, 0.3) is 5.91 Å². The number of benzene rings is 2. The SMILES string of the molecule is CC(C)(C)OC(=O)N1CCN(C2CCN(C(=O)C(Cc3ccc(Cl)c(Cl)c3)OC(=O)N3CCC(N4CCc5ccccc5NC4=O)CC3)CC2)CC1. The van der Waals surface area contributed by atoms with Crippen molar-refractivity contribution in [3.05, 3.63) is 63.6 Å². The fraction of sp³-hybridized carbons (Fsp3) is 0.579. The molecule has 52 heavy (non-hydrogen) atoms. The van der Waals surface area contributed by atoms with Crippen molar-refractivity contribution in [1.82, 2.24) is 24.5 Å². The number of likely N-dealkylation sites (tertiary alicyclic amines) is 2. The highest BCUT2D eigenvalue weighted by molar-refractivity contribution is 6.42. The number of anilines is 1. The zero-order chi connectivity index (χ0) is 37.0. The van der Waals surface area contributed by atoms with Gasteiger partial charge in [0, 0.05) is 83.1 Å². The van der Waals surface area contributed by atoms with Crippen molar-refractivity contribution >= 4 is 53.0 Å². The normalized spacial score (nSPS) is 20.1. The van der Waals surface area contributed by atoms with E-state index in [4.69, 9.17) is 32.7 Å². The second-order valence-corrected chi connectivity index (χ2v) is 15.9. The number of hydrogen-bond donors (Lipinski definition) is 1. The van der Waals surface area contributed by atoms with Crippen LogP contribution >= 0.6 is 23.2 Å². The van der Waals surface area contributed by atoms with Gasteiger partial charge in [-0.1, -0.05) is 47.5 Å². The second-order valence-electron chi connectivity index (χ2n) is 15.1. The maximum atomic E-state index is 14.1. The van der Waals surface area contributed by atoms with Crippen LogP contribution in [0.25, 0.3) is 0 Å². The van der Waals surface area contributed by atoms with Crippen molar-refractivity contribution < 1.29 is 28.7 Å². The minimum absolute atomic E-state index is 0.00594. The molecule has 3 saturated heterocycles. The van der Waals surface area contributed by atoms with Gasteiger partial charge in [0.1, 0.15) is 5.60 Å². The number of ether oxygens (including phenoxy) is 2. The summed E-state index contributed by atoms with van der Waals surface area (Å²) in [6.45, 7) is 10.8. The van der Waals surface area contributed by atoms with Gasteiger partial charge in [-0.25, -0.2) is 14.4 Å². The molecule has 0 saturated carbocycles. The van der Waals surface area contributed by atoms with E-state index in [1.807, 2.05) is 49.9 Å². The first-order valence-corrected chi connectivity index (χ1v) is 19.2. The molecule has 2 aromatic carbocycles. The van der Waals surface area contributed by atoms with Crippen molar-refractivity contribution in [3.8, 4) is 0 Å². The number of hydrogen-bond acceptors (Lipinski definition) is 7. The van der Waals surface area contributed by atoms with Gasteiger partial charge < -0.3 is 34.4 Å². The fourth-order valence-corrected chi connectivity index (χ4v) is 7.93. The van der Waals surface area contributed by atoms with Crippen LogP contribution in [0.4, 0.5) is 20.1 Å². The number of nitrogens with one attached hydrogen (secondary N) is 1. The number of nitrogens with zero attached hydrogens (tertiary/aromatic N) is 5. The molecule has 12 nitrogen and oxygen atoms in total. The molecule has 5 amide bonds. The van der Waals surface area contributed by atoms with E-state index in [1.165, 1.54) is 0 Å². The number of urea groups is 1. The molecule has 3 fully saturated rings. The number of amides is 5. The molecule has 1 atom stereocenters. The van der Waals surface area contributed by atoms with Gasteiger partial charge in [-0.15, -0.1) is 0 Å². The van der Waals surface area contributed by atoms with Crippen LogP contribution < -0.4 is 5.32 Å². The van der Waals surface area contributed by atoms with Crippen molar-refractivity contribution in [2.24, 2.45) is 0 Å². The molecule has 0 aromatic heterocycles. The van der Waals surface area contributed by atoms with Crippen molar-refractivity contribution in [1.29, 1.82) is 0 Å². The summed E-state index contributed by atoms with van der Waals surface area (Å²) >= 11 is 12.5. The Bertz CT molecular complexity index is 1610. The quantitative estimate of drug-likeness (QED) is 0.377. The van der Waals surface area contributed by atoms with Gasteiger partial charge in [0.15, 0.2) is 6.10 Å². The van der Waals surface area contributed by atoms with Crippen molar-refractivity contribution in [2.75, 3.05) is 64.2 Å². The molecule has 0 spiro atoms. The molecule has 4 heterocycles. The molecule has 0 aliphatic carbocycles. The monoisotopic (exact) mass is 756 g/mol. The Balaban J connectivity index is 1.03. The standard InChI is InChI=1S/C38H50Cl2N6O6/c1-38(2,3)52-37(50)45-22-20-42(21-23-45)28-11-15-43(16-12-28)34(47)33(25-26-8-9-30(39)31(40)24-26)51-36(49)44-17-13-29(14-18-44)46-19-10-27-6-4-5-7-32(27)41-35(46)48/h4-9,24,28-29,33H,10-23,25H2,1-3H3,(H,41,48). The summed E-state index contributed by atoms with van der Waals surface area (Å²) in [4.78, 5) is 62.8. The Morgan fingerprint density at radius 3 is 2.10 bits per heavy atom. The molecule has 4 aliphatic heterocycles. The van der Waals surface area contributed by atoms with Crippen LogP contribution in [0.2, 0.25) is 10.0 Å². The topological polar surface area (TPSA) is 115 Å². The van der Waals surface area contributed by atoms with Crippen LogP contribution in [0, 0.1) is 0 Å². The van der Waals surface area contributed by atoms with Crippen LogP contribution in [0.3, 0.4) is 0 Å². The Labute approximate surface area is 316 Å². The Morgan fingerprint density at radius 2 is 1.42 bits per heavy atom. The average Bonchev–Trinajstić information content (AvgIpc) is 3.30. The zero-order valence-corrected chi connectivity index (χ0v) is 31.8. The zero-order valence-electron chi connectivity index (χ0n) is 30.3. The Morgan fingerprint density at radius 1 is 0.788 bits per heavy atom. The number of carbonyl (C=O) groups is 4. The average molecular weight is 758 g/mol. The summed E-state index contributed by atoms with van der Waals surface area (Å²) in [5, 5.41) is 3.81. The maximum Gasteiger partial charge on any atom is 0.410 e. The summed E-state index contributed by atoms with van der Waals surface area (Å²) in [6.07, 6.45) is 1.87. The number of carbonyl (C=O) groups excluding carboxylic acids is 4. The number of piperazine rings is 1. The van der Waals surface area contributed by atoms with Crippen LogP contribution in [0.5, 0.6) is 0 Å². The lowest BCUT2D eigenvalue weighted by Crippen LogP contribution is -2.56. The summed E-state index contributed by atoms with van der Waals surface area (Å²) in [5.74, 6) is -0.233. The number of piperidine rings is 2. The molecule has 1 N–H and O–H groups in total. The molecule has 6 rings (SSSR count). The number of para-hydroxylation sites is 1. The first-order valence-electron chi connectivity index (χ1n) is 18.4. The Kier molecular flexibility index (Phi) is 12.1. The van der Waals surface area contributed by atoms with E-state index in [1.54, 1.807) is 32.9 Å². The van der Waals surface area contributed by atoms with E-state index in [2.05, 4.69) is 10.2 Å². The van der Waals surface area contributed by atoms with Gasteiger partial charge in [-0.05, 0) is 82.2 Å². The lowest BCUT2D eigenvalue weighted by molar-refractivity contribution is -0.142. The number of halogens is 2. The molecular weight excluding hydrogens is 707 g/mol. The van der Waals surface area contributed by atoms with Crippen LogP contribution in [-0.2, 0) is 27.1 Å². The molecule has 1 unspecified atom stereocenters. The minimum atomic E-state index is -1.04. The predicted molar refractivity (Wildman–Crippen MR) is 200 cm³/mol. The van der Waals surface area contributed by atoms with E-state index >= 15 is 0 Å². The second kappa shape index (κ2) is 16.5. The van der Waals surface area contributed by atoms with Gasteiger partial charge in [0.05, 0.1) is 10.0 Å². The largest absolute Gasteiger partial charge is 0.444 e. The van der Waals surface area contributed by atoms with Gasteiger partial charge in [0.2, 0.25) is 0 Å². The smallest absolute Gasteiger partial charge is 0.410 e. The third kappa shape index (κ3) is 9.43. The molecule has 282 valence electrons. The molecule has 0 radical (unpaired) electrons. The fourth-order valence-electron chi connectivity index (χ4n) is 7.61. The summed E-state index contributed by atoms with van der Waals surface area (Å²) in [7, 11) is 0. The number of rotatable bonds is 6. The molecule has 4 aliphatic rings. The van der Waals surface area contributed by atoms with E-state index < -0.39 is 17.8 Å². The number of fused-ring (bicyclic) bond motifs is 1. The van der Waals surface area contributed by atoms with E-state index in [0.717, 1.165) is 49.2 Å². The molecule has 0 bridgehead atoms. The van der Waals surface area contributed by atoms with E-state index in [-0.39, 0.29) is 30.5 Å². The highest BCUT2D eigenvalue weighted by Gasteiger charge is 2.37. The van der Waals surface area contributed by atoms with Gasteiger partial charge in [-0.2, -0.15) is 0 Å². The first-order chi connectivity index (χ1) is 24.8. The molecule has 2 aromatic rings. The lowest BCUT2D eigenvalue weighted by atomic mass is 10.0. The third-order valence-corrected chi connectivity index (χ3v) is 11.2.